The van der Waals surface area contributed by atoms with E-state index in [0.717, 1.165) is 80.9 Å². The number of nitrogens with zero attached hydrogens (tertiary/aromatic N) is 1. The third-order valence-electron chi connectivity index (χ3n) is 11.6. The summed E-state index contributed by atoms with van der Waals surface area (Å²) < 4.78 is 47.9. The molecule has 3 aliphatic heterocycles. The molecule has 1 saturated carbocycles. The predicted molar refractivity (Wildman–Crippen MR) is 179 cm³/mol. The number of carbonyl (C=O) groups is 1. The third-order valence-corrected chi connectivity index (χ3v) is 13.3. The molecule has 0 radical (unpaired) electrons. The van der Waals surface area contributed by atoms with Gasteiger partial charge in [-0.05, 0) is 116 Å². The highest BCUT2D eigenvalue weighted by Gasteiger charge is 2.46. The Hall–Kier alpha value is -2.33. The Balaban J connectivity index is 1.29. The molecular weight excluding hydrogens is 624 g/mol. The number of aryl methyl sites for hydroxylation is 1. The van der Waals surface area contributed by atoms with Crippen molar-refractivity contribution < 1.29 is 27.4 Å². The molecule has 10 heteroatoms. The summed E-state index contributed by atoms with van der Waals surface area (Å²) in [6, 6.07) is 11.6. The van der Waals surface area contributed by atoms with Gasteiger partial charge in [-0.15, -0.1) is 0 Å². The predicted octanol–water partition coefficient (Wildman–Crippen LogP) is 6.34. The van der Waals surface area contributed by atoms with Gasteiger partial charge in [-0.3, -0.25) is 4.79 Å². The monoisotopic (exact) mass is 670 g/mol. The van der Waals surface area contributed by atoms with E-state index >= 15 is 0 Å². The van der Waals surface area contributed by atoms with E-state index in [1.807, 2.05) is 25.1 Å². The van der Waals surface area contributed by atoms with Crippen LogP contribution in [0.5, 0.6) is 5.75 Å². The lowest BCUT2D eigenvalue weighted by atomic mass is 9.64. The van der Waals surface area contributed by atoms with E-state index in [0.29, 0.717) is 37.2 Å². The number of ether oxygens (including phenoxy) is 3. The van der Waals surface area contributed by atoms with E-state index in [9.17, 15) is 13.2 Å². The quantitative estimate of drug-likeness (QED) is 0.378. The number of anilines is 1. The van der Waals surface area contributed by atoms with Gasteiger partial charge in [0.25, 0.3) is 5.91 Å². The molecular formula is C36H47ClN2O6S. The molecule has 2 aromatic rings. The zero-order valence-corrected chi connectivity index (χ0v) is 28.6. The van der Waals surface area contributed by atoms with Crippen molar-refractivity contribution in [1.29, 1.82) is 0 Å². The summed E-state index contributed by atoms with van der Waals surface area (Å²) in [5, 5.41) is 0.753. The second-order valence-corrected chi connectivity index (χ2v) is 16.9. The summed E-state index contributed by atoms with van der Waals surface area (Å²) in [6.45, 7) is 7.63. The summed E-state index contributed by atoms with van der Waals surface area (Å²) in [5.41, 5.74) is 3.52. The number of halogens is 1. The Bertz CT molecular complexity index is 1560. The van der Waals surface area contributed by atoms with Gasteiger partial charge in [-0.1, -0.05) is 31.5 Å². The highest BCUT2D eigenvalue weighted by atomic mass is 35.5. The summed E-state index contributed by atoms with van der Waals surface area (Å²) in [6.07, 6.45) is 7.79. The molecule has 2 aliphatic carbocycles. The Morgan fingerprint density at radius 2 is 1.76 bits per heavy atom. The van der Waals surface area contributed by atoms with Crippen molar-refractivity contribution in [2.24, 2.45) is 29.6 Å². The number of fused-ring (bicyclic) bond motifs is 4. The lowest BCUT2D eigenvalue weighted by Crippen LogP contribution is -2.50. The lowest BCUT2D eigenvalue weighted by Gasteiger charge is -2.48. The Morgan fingerprint density at radius 3 is 2.54 bits per heavy atom. The van der Waals surface area contributed by atoms with Crippen LogP contribution < -0.4 is 14.4 Å². The van der Waals surface area contributed by atoms with Gasteiger partial charge in [-0.2, -0.15) is 0 Å². The normalized spacial score (nSPS) is 33.5. The minimum atomic E-state index is -3.84. The van der Waals surface area contributed by atoms with Gasteiger partial charge in [0.1, 0.15) is 5.75 Å². The number of rotatable bonds is 1. The molecule has 0 aromatic heterocycles. The Morgan fingerprint density at radius 1 is 0.957 bits per heavy atom. The fraction of sp³-hybridized carbons (Fsp3) is 0.639. The third kappa shape index (κ3) is 6.41. The topological polar surface area (TPSA) is 94.2 Å². The van der Waals surface area contributed by atoms with Gasteiger partial charge in [0, 0.05) is 35.0 Å². The minimum absolute atomic E-state index is 0.0980. The van der Waals surface area contributed by atoms with Crippen molar-refractivity contribution in [1.82, 2.24) is 4.72 Å². The van der Waals surface area contributed by atoms with Gasteiger partial charge >= 0.3 is 0 Å². The van der Waals surface area contributed by atoms with E-state index in [-0.39, 0.29) is 35.2 Å². The maximum Gasteiger partial charge on any atom is 0.264 e. The first-order chi connectivity index (χ1) is 22.1. The smallest absolute Gasteiger partial charge is 0.264 e. The molecule has 1 N–H and O–H groups in total. The Kier molecular flexibility index (Phi) is 9.07. The molecule has 250 valence electrons. The zero-order valence-electron chi connectivity index (χ0n) is 27.0. The van der Waals surface area contributed by atoms with Gasteiger partial charge in [0.15, 0.2) is 6.29 Å². The minimum Gasteiger partial charge on any atom is -0.490 e. The number of carbonyl (C=O) groups excluding carboxylic acids is 1. The molecule has 8 nitrogen and oxygen atoms in total. The van der Waals surface area contributed by atoms with Crippen LogP contribution in [0.1, 0.15) is 80.3 Å². The second-order valence-electron chi connectivity index (χ2n) is 14.7. The number of hydrogen-bond donors (Lipinski definition) is 1. The molecule has 3 heterocycles. The van der Waals surface area contributed by atoms with E-state index < -0.39 is 15.9 Å². The summed E-state index contributed by atoms with van der Waals surface area (Å²) in [5.74, 6) is 1.22. The number of benzene rings is 2. The number of nitrogens with one attached hydrogen (secondary N) is 1. The van der Waals surface area contributed by atoms with Gasteiger partial charge in [0.2, 0.25) is 10.0 Å². The van der Waals surface area contributed by atoms with Crippen LogP contribution in [-0.2, 0) is 31.3 Å². The van der Waals surface area contributed by atoms with Crippen LogP contribution in [0.15, 0.2) is 36.4 Å². The van der Waals surface area contributed by atoms with Crippen LogP contribution in [0.4, 0.5) is 5.69 Å². The highest BCUT2D eigenvalue weighted by molar-refractivity contribution is 7.90. The average molecular weight is 671 g/mol. The molecule has 1 saturated heterocycles. The number of amides is 1. The van der Waals surface area contributed by atoms with Crippen molar-refractivity contribution in [3.63, 3.8) is 0 Å². The van der Waals surface area contributed by atoms with Crippen molar-refractivity contribution in [3.05, 3.63) is 58.1 Å². The summed E-state index contributed by atoms with van der Waals surface area (Å²) in [4.78, 5) is 15.9. The molecule has 0 unspecified atom stereocenters. The number of sulfonamides is 1. The first-order valence-corrected chi connectivity index (χ1v) is 19.2. The van der Waals surface area contributed by atoms with Gasteiger partial charge < -0.3 is 19.1 Å². The second kappa shape index (κ2) is 12.9. The van der Waals surface area contributed by atoms with Crippen LogP contribution in [0.2, 0.25) is 5.02 Å². The molecule has 2 bridgehead atoms. The summed E-state index contributed by atoms with van der Waals surface area (Å²) >= 11 is 6.45. The molecule has 6 atom stereocenters. The van der Waals surface area contributed by atoms with E-state index in [2.05, 4.69) is 28.7 Å². The van der Waals surface area contributed by atoms with Crippen molar-refractivity contribution in [3.8, 4) is 5.75 Å². The van der Waals surface area contributed by atoms with Gasteiger partial charge in [0.05, 0.1) is 31.3 Å². The van der Waals surface area contributed by atoms with Crippen molar-refractivity contribution in [2.75, 3.05) is 43.6 Å². The van der Waals surface area contributed by atoms with E-state index in [1.54, 1.807) is 6.07 Å². The first kappa shape index (κ1) is 32.2. The largest absolute Gasteiger partial charge is 0.490 e. The van der Waals surface area contributed by atoms with E-state index in [1.165, 1.54) is 11.1 Å². The standard InChI is InChI=1S/C36H47ClN2O6S/c1-23-6-10-30(35-43-15-4-16-44-35)29-11-7-27(29)19-39-21-36(14-3-5-25-17-28(37)9-12-31(25)36)22-45-33-13-8-26(18-32(33)39)34(40)38-46(41,42)20-24(23)2/h8-9,12-13,17-18,23-24,27,29-30,35H,3-7,10-11,14-16,19-22H2,1-2H3,(H,38,40)/t23-,24+,27-,29+,30-,36-/m0/s1. The molecule has 2 aromatic carbocycles. The van der Waals surface area contributed by atoms with Crippen LogP contribution in [0, 0.1) is 29.6 Å². The molecule has 1 amide bonds. The maximum atomic E-state index is 13.4. The SMILES string of the molecule is C[C@@H]1CS(=O)(=O)NC(=O)c2ccc3c(c2)N(C[C@@H]2CC[C@H]2[C@@H](C2OCCCO2)CC[C@@H]1C)C[C@@]1(CCCc2cc(Cl)ccc21)CO3. The zero-order chi connectivity index (χ0) is 32.1. The van der Waals surface area contributed by atoms with Crippen LogP contribution in [-0.4, -0.2) is 59.3 Å². The lowest BCUT2D eigenvalue weighted by molar-refractivity contribution is -0.224. The molecule has 2 fully saturated rings. The van der Waals surface area contributed by atoms with Crippen LogP contribution >= 0.6 is 11.6 Å². The fourth-order valence-electron chi connectivity index (χ4n) is 8.72. The van der Waals surface area contributed by atoms with Crippen LogP contribution in [0.3, 0.4) is 0 Å². The molecule has 1 spiro atoms. The Labute approximate surface area is 278 Å². The molecule has 7 rings (SSSR count). The highest BCUT2D eigenvalue weighted by Crippen LogP contribution is 2.49. The molecule has 46 heavy (non-hydrogen) atoms. The van der Waals surface area contributed by atoms with Crippen molar-refractivity contribution >= 4 is 33.2 Å². The van der Waals surface area contributed by atoms with E-state index in [4.69, 9.17) is 25.8 Å². The van der Waals surface area contributed by atoms with Crippen LogP contribution in [0.25, 0.3) is 0 Å². The number of hydrogen-bond acceptors (Lipinski definition) is 7. The van der Waals surface area contributed by atoms with Crippen molar-refractivity contribution in [2.45, 2.75) is 76.9 Å². The van der Waals surface area contributed by atoms with Gasteiger partial charge in [-0.25, -0.2) is 13.1 Å². The fourth-order valence-corrected chi connectivity index (χ4v) is 10.4. The molecule has 5 aliphatic rings. The summed E-state index contributed by atoms with van der Waals surface area (Å²) in [7, 11) is -3.84. The maximum absolute atomic E-state index is 13.4. The first-order valence-electron chi connectivity index (χ1n) is 17.2. The average Bonchev–Trinajstić information content (AvgIpc) is 3.17.